The Morgan fingerprint density at radius 1 is 0.500 bits per heavy atom. The van der Waals surface area contributed by atoms with Crippen molar-refractivity contribution in [3.63, 3.8) is 0 Å². The summed E-state index contributed by atoms with van der Waals surface area (Å²) < 4.78 is 35.8. The number of aromatic nitrogens is 1. The van der Waals surface area contributed by atoms with Gasteiger partial charge in [-0.2, -0.15) is 0 Å². The lowest BCUT2D eigenvalue weighted by molar-refractivity contribution is 0.0535. The van der Waals surface area contributed by atoms with Crippen LogP contribution in [0, 0.1) is 0 Å². The molecule has 0 bridgehead atoms. The molecule has 0 unspecified atom stereocenters. The zero-order chi connectivity index (χ0) is 39.5. The van der Waals surface area contributed by atoms with Gasteiger partial charge in [0.25, 0.3) is 0 Å². The minimum atomic E-state index is -0.0731. The molecule has 0 aliphatic heterocycles. The molecule has 58 heavy (non-hydrogen) atoms. The van der Waals surface area contributed by atoms with Crippen molar-refractivity contribution in [2.24, 2.45) is 0 Å². The molecule has 0 aliphatic rings. The van der Waals surface area contributed by atoms with Gasteiger partial charge in [0.2, 0.25) is 0 Å². The molecule has 3 aromatic heterocycles. The highest BCUT2D eigenvalue weighted by atomic mass is 16.5. The second-order valence-corrected chi connectivity index (χ2v) is 13.7. The van der Waals surface area contributed by atoms with Crippen molar-refractivity contribution in [1.29, 1.82) is 0 Å². The molecule has 10 nitrogen and oxygen atoms in total. The molecule has 292 valence electrons. The number of para-hydroxylation sites is 3. The van der Waals surface area contributed by atoms with Crippen molar-refractivity contribution in [3.8, 4) is 34.1 Å². The maximum absolute atomic E-state index is 12.5. The van der Waals surface area contributed by atoms with Crippen molar-refractivity contribution in [2.45, 2.75) is 6.54 Å². The van der Waals surface area contributed by atoms with Gasteiger partial charge in [-0.05, 0) is 90.5 Å². The van der Waals surface area contributed by atoms with E-state index in [4.69, 9.17) is 27.8 Å². The highest BCUT2D eigenvalue weighted by Gasteiger charge is 2.12. The number of ether oxygens (including phenoxy) is 4. The van der Waals surface area contributed by atoms with Crippen molar-refractivity contribution in [1.82, 2.24) is 9.88 Å². The normalized spacial score (nSPS) is 11.5. The average molecular weight is 775 g/mol. The van der Waals surface area contributed by atoms with E-state index in [0.717, 1.165) is 28.6 Å². The average Bonchev–Trinajstić information content (AvgIpc) is 3.26. The van der Waals surface area contributed by atoms with Gasteiger partial charge in [0.05, 0.1) is 42.7 Å². The van der Waals surface area contributed by atoms with Gasteiger partial charge in [-0.15, -0.1) is 0 Å². The van der Waals surface area contributed by atoms with Crippen LogP contribution in [0.2, 0.25) is 0 Å². The standard InChI is InChI=1S/C48H42N2O8/c51-43-31-47(57-45-11-5-2-8-40(43)45)34-13-17-37(18-14-34)55-29-27-53-25-23-50(33-36-21-22-49-42-10-4-1-7-39(36)42)24-26-54-28-30-56-38-19-15-35(16-20-38)48-32-44(52)41-9-3-6-12-46(41)58-48/h1-22,31-32H,23-30,33H2. The van der Waals surface area contributed by atoms with Gasteiger partial charge >= 0.3 is 0 Å². The SMILES string of the molecule is O=c1cc(-c2ccc(OCCOCCN(CCOCCOc3ccc(-c4cc(=O)c5ccccc5o4)cc3)Cc3ccnc4ccccc34)cc2)oc2ccccc12. The lowest BCUT2D eigenvalue weighted by Crippen LogP contribution is -2.31. The van der Waals surface area contributed by atoms with Crippen LogP contribution in [0.4, 0.5) is 0 Å². The van der Waals surface area contributed by atoms with E-state index in [0.29, 0.717) is 97.7 Å². The first kappa shape index (κ1) is 38.3. The van der Waals surface area contributed by atoms with Gasteiger partial charge in [0.1, 0.15) is 47.4 Å². The van der Waals surface area contributed by atoms with E-state index >= 15 is 0 Å². The van der Waals surface area contributed by atoms with Crippen LogP contribution < -0.4 is 20.3 Å². The third-order valence-electron chi connectivity index (χ3n) is 9.78. The van der Waals surface area contributed by atoms with Gasteiger partial charge in [-0.3, -0.25) is 19.5 Å². The fourth-order valence-corrected chi connectivity index (χ4v) is 6.76. The highest BCUT2D eigenvalue weighted by Crippen LogP contribution is 2.26. The molecule has 0 atom stereocenters. The predicted molar refractivity (Wildman–Crippen MR) is 225 cm³/mol. The van der Waals surface area contributed by atoms with E-state index in [2.05, 4.69) is 22.0 Å². The van der Waals surface area contributed by atoms with Crippen molar-refractivity contribution >= 4 is 32.8 Å². The highest BCUT2D eigenvalue weighted by molar-refractivity contribution is 5.82. The fourth-order valence-electron chi connectivity index (χ4n) is 6.76. The molecule has 3 heterocycles. The molecule has 0 spiro atoms. The summed E-state index contributed by atoms with van der Waals surface area (Å²) in [7, 11) is 0. The third-order valence-corrected chi connectivity index (χ3v) is 9.78. The molecule has 0 N–H and O–H groups in total. The van der Waals surface area contributed by atoms with Crippen LogP contribution in [0.1, 0.15) is 5.56 Å². The zero-order valence-electron chi connectivity index (χ0n) is 31.9. The van der Waals surface area contributed by atoms with E-state index in [1.807, 2.05) is 97.2 Å². The molecule has 8 rings (SSSR count). The van der Waals surface area contributed by atoms with Crippen molar-refractivity contribution in [2.75, 3.05) is 52.7 Å². The number of rotatable bonds is 18. The molecule has 10 heteroatoms. The van der Waals surface area contributed by atoms with Gasteiger partial charge < -0.3 is 27.8 Å². The fraction of sp³-hybridized carbons (Fsp3) is 0.188. The first-order chi connectivity index (χ1) is 28.6. The molecule has 0 saturated heterocycles. The second-order valence-electron chi connectivity index (χ2n) is 13.7. The molecule has 0 fully saturated rings. The maximum atomic E-state index is 12.5. The summed E-state index contributed by atoms with van der Waals surface area (Å²) in [5.41, 5.74) is 4.72. The van der Waals surface area contributed by atoms with E-state index < -0.39 is 0 Å². The van der Waals surface area contributed by atoms with Crippen molar-refractivity contribution < 1.29 is 27.8 Å². The Balaban J connectivity index is 0.790. The predicted octanol–water partition coefficient (Wildman–Crippen LogP) is 8.77. The van der Waals surface area contributed by atoms with Gasteiger partial charge in [0.15, 0.2) is 10.9 Å². The first-order valence-electron chi connectivity index (χ1n) is 19.3. The summed E-state index contributed by atoms with van der Waals surface area (Å²) in [5.74, 6) is 2.44. The third kappa shape index (κ3) is 9.50. The Bertz CT molecular complexity index is 2570. The monoisotopic (exact) mass is 774 g/mol. The minimum Gasteiger partial charge on any atom is -0.491 e. The van der Waals surface area contributed by atoms with Crippen LogP contribution in [-0.4, -0.2) is 62.6 Å². The lowest BCUT2D eigenvalue weighted by Gasteiger charge is -2.23. The largest absolute Gasteiger partial charge is 0.491 e. The quantitative estimate of drug-likeness (QED) is 0.0785. The van der Waals surface area contributed by atoms with E-state index in [-0.39, 0.29) is 10.9 Å². The van der Waals surface area contributed by atoms with Gasteiger partial charge in [-0.25, -0.2) is 0 Å². The second kappa shape index (κ2) is 18.6. The summed E-state index contributed by atoms with van der Waals surface area (Å²) >= 11 is 0. The molecule has 0 amide bonds. The summed E-state index contributed by atoms with van der Waals surface area (Å²) in [5, 5.41) is 2.25. The first-order valence-corrected chi connectivity index (χ1v) is 19.3. The molecule has 0 saturated carbocycles. The van der Waals surface area contributed by atoms with Crippen LogP contribution >= 0.6 is 0 Å². The molecular weight excluding hydrogens is 733 g/mol. The van der Waals surface area contributed by atoms with Crippen LogP contribution in [0.3, 0.4) is 0 Å². The number of fused-ring (bicyclic) bond motifs is 3. The van der Waals surface area contributed by atoms with E-state index in [1.54, 1.807) is 24.3 Å². The Hall–Kier alpha value is -6.59. The van der Waals surface area contributed by atoms with E-state index in [9.17, 15) is 9.59 Å². The summed E-state index contributed by atoms with van der Waals surface area (Å²) in [6.45, 7) is 4.81. The van der Waals surface area contributed by atoms with E-state index in [1.165, 1.54) is 17.7 Å². The Kier molecular flexibility index (Phi) is 12.3. The molecule has 0 aliphatic carbocycles. The number of hydrogen-bond donors (Lipinski definition) is 0. The molecule has 0 radical (unpaired) electrons. The van der Waals surface area contributed by atoms with Crippen LogP contribution in [0.5, 0.6) is 11.5 Å². The maximum Gasteiger partial charge on any atom is 0.193 e. The minimum absolute atomic E-state index is 0.0731. The van der Waals surface area contributed by atoms with Gasteiger partial charge in [0, 0.05) is 54.5 Å². The van der Waals surface area contributed by atoms with Crippen LogP contribution in [0.15, 0.2) is 164 Å². The molecular formula is C48H42N2O8. The Morgan fingerprint density at radius 3 is 1.52 bits per heavy atom. The summed E-state index contributed by atoms with van der Waals surface area (Å²) in [6, 6.07) is 42.7. The molecule has 5 aromatic carbocycles. The number of benzene rings is 5. The van der Waals surface area contributed by atoms with Crippen LogP contribution in [-0.2, 0) is 16.0 Å². The van der Waals surface area contributed by atoms with Crippen molar-refractivity contribution in [3.05, 3.63) is 172 Å². The summed E-state index contributed by atoms with van der Waals surface area (Å²) in [4.78, 5) is 31.9. The summed E-state index contributed by atoms with van der Waals surface area (Å²) in [6.07, 6.45) is 1.85. The number of nitrogens with zero attached hydrogens (tertiary/aromatic N) is 2. The number of hydrogen-bond acceptors (Lipinski definition) is 10. The Morgan fingerprint density at radius 2 is 0.983 bits per heavy atom. The topological polar surface area (TPSA) is 113 Å². The smallest absolute Gasteiger partial charge is 0.193 e. The zero-order valence-corrected chi connectivity index (χ0v) is 31.9. The lowest BCUT2D eigenvalue weighted by atomic mass is 10.1. The van der Waals surface area contributed by atoms with Crippen LogP contribution in [0.25, 0.3) is 55.5 Å². The molecule has 8 aromatic rings. The van der Waals surface area contributed by atoms with Gasteiger partial charge in [-0.1, -0.05) is 42.5 Å². The number of pyridine rings is 1. The Labute approximate surface area is 334 Å².